The van der Waals surface area contributed by atoms with Gasteiger partial charge in [0.25, 0.3) is 11.7 Å². The monoisotopic (exact) mass is 157 g/mol. The second kappa shape index (κ2) is 2.92. The third-order valence-corrected chi connectivity index (χ3v) is 1.17. The molecule has 0 amide bonds. The highest BCUT2D eigenvalue weighted by Crippen LogP contribution is 2.22. The van der Waals surface area contributed by atoms with Crippen molar-refractivity contribution in [2.45, 2.75) is 0 Å². The van der Waals surface area contributed by atoms with E-state index < -0.39 is 24.2 Å². The van der Waals surface area contributed by atoms with E-state index in [1.807, 2.05) is 0 Å². The lowest BCUT2D eigenvalue weighted by atomic mass is 9.77. The van der Waals surface area contributed by atoms with Crippen molar-refractivity contribution in [1.29, 1.82) is 0 Å². The summed E-state index contributed by atoms with van der Waals surface area (Å²) in [5.74, 6) is -2.39. The Morgan fingerprint density at radius 3 is 2.45 bits per heavy atom. The molecule has 2 N–H and O–H groups in total. The highest BCUT2D eigenvalue weighted by atomic mass is 19.2. The predicted molar refractivity (Wildman–Crippen MR) is 35.3 cm³/mol. The van der Waals surface area contributed by atoms with Gasteiger partial charge in [-0.15, -0.1) is 4.39 Å². The average molecular weight is 157 g/mol. The van der Waals surface area contributed by atoms with Crippen LogP contribution in [-0.2, 0) is 0 Å². The zero-order chi connectivity index (χ0) is 8.43. The molecule has 2 nitrogen and oxygen atoms in total. The second-order valence-electron chi connectivity index (χ2n) is 1.93. The molecule has 5 heteroatoms. The molecular weight excluding hydrogens is 153 g/mol. The van der Waals surface area contributed by atoms with E-state index in [2.05, 4.69) is 6.08 Å². The molecule has 1 rings (SSSR count). The van der Waals surface area contributed by atoms with Gasteiger partial charge in [0.15, 0.2) is 5.47 Å². The predicted octanol–water partition coefficient (Wildman–Crippen LogP) is 0.448. The van der Waals surface area contributed by atoms with Crippen molar-refractivity contribution in [3.8, 4) is 0 Å². The minimum Gasteiger partial charge on any atom is -0.421 e. The molecule has 0 aromatic rings. The summed E-state index contributed by atoms with van der Waals surface area (Å²) in [5.41, 5.74) is -0.579. The molecule has 0 aromatic heterocycles. The van der Waals surface area contributed by atoms with Gasteiger partial charge in [-0.1, -0.05) is 0 Å². The molecule has 56 valence electrons. The van der Waals surface area contributed by atoms with E-state index in [0.717, 1.165) is 12.2 Å². The Morgan fingerprint density at radius 2 is 2.00 bits per heavy atom. The van der Waals surface area contributed by atoms with Gasteiger partial charge in [0.1, 0.15) is 6.08 Å². The van der Waals surface area contributed by atoms with Crippen LogP contribution in [0.25, 0.3) is 0 Å². The minimum absolute atomic E-state index is 0.579. The molecule has 11 heavy (non-hydrogen) atoms. The van der Waals surface area contributed by atoms with E-state index in [1.54, 1.807) is 0 Å². The van der Waals surface area contributed by atoms with Crippen molar-refractivity contribution in [3.05, 3.63) is 35.4 Å². The van der Waals surface area contributed by atoms with E-state index in [4.69, 9.17) is 10.0 Å². The molecule has 0 saturated heterocycles. The molecule has 0 aromatic carbocycles. The summed E-state index contributed by atoms with van der Waals surface area (Å²) in [6.07, 6.45) is 4.09. The summed E-state index contributed by atoms with van der Waals surface area (Å²) in [5, 5.41) is 16.9. The lowest BCUT2D eigenvalue weighted by molar-refractivity contribution is 0.414. The molecular formula is C6H4BF2O2+. The normalized spacial score (nSPS) is 16.2. The van der Waals surface area contributed by atoms with E-state index >= 15 is 0 Å². The smallest absolute Gasteiger partial charge is 0.421 e. The zero-order valence-corrected chi connectivity index (χ0v) is 5.38. The largest absolute Gasteiger partial charge is 0.530 e. The first-order valence-electron chi connectivity index (χ1n) is 2.84. The van der Waals surface area contributed by atoms with Crippen LogP contribution >= 0.6 is 0 Å². The van der Waals surface area contributed by atoms with Crippen LogP contribution in [0.4, 0.5) is 8.78 Å². The van der Waals surface area contributed by atoms with Gasteiger partial charge in [0, 0.05) is 6.08 Å². The first kappa shape index (κ1) is 8.08. The number of halogens is 2. The summed E-state index contributed by atoms with van der Waals surface area (Å²) >= 11 is 0. The molecule has 0 bridgehead atoms. The maximum absolute atomic E-state index is 12.5. The Balaban J connectivity index is 3.01. The molecule has 0 spiro atoms. The van der Waals surface area contributed by atoms with Crippen LogP contribution < -0.4 is 0 Å². The standard InChI is InChI=1S/C6H4BF2O2/c8-5-3-1-2-4(6(5)9)7(10)11/h1,3,10-11H/q+1. The van der Waals surface area contributed by atoms with E-state index in [1.165, 1.54) is 0 Å². The van der Waals surface area contributed by atoms with E-state index in [-0.39, 0.29) is 0 Å². The van der Waals surface area contributed by atoms with E-state index in [0.29, 0.717) is 0 Å². The molecule has 0 atom stereocenters. The Kier molecular flexibility index (Phi) is 2.15. The maximum Gasteiger partial charge on any atom is 0.530 e. The van der Waals surface area contributed by atoms with Crippen molar-refractivity contribution < 1.29 is 18.8 Å². The minimum atomic E-state index is -2.02. The van der Waals surface area contributed by atoms with Crippen molar-refractivity contribution in [1.82, 2.24) is 0 Å². The van der Waals surface area contributed by atoms with Crippen molar-refractivity contribution >= 4 is 7.12 Å². The van der Waals surface area contributed by atoms with Gasteiger partial charge in [0.05, 0.1) is 6.08 Å². The van der Waals surface area contributed by atoms with Gasteiger partial charge in [0.2, 0.25) is 0 Å². The highest BCUT2D eigenvalue weighted by Gasteiger charge is 2.33. The molecule has 0 saturated carbocycles. The fraction of sp³-hybridized carbons (Fsp3) is 0. The third kappa shape index (κ3) is 1.52. The summed E-state index contributed by atoms with van der Waals surface area (Å²) in [4.78, 5) is 0. The number of hydrogen-bond acceptors (Lipinski definition) is 2. The van der Waals surface area contributed by atoms with Gasteiger partial charge < -0.3 is 10.0 Å². The topological polar surface area (TPSA) is 40.5 Å². The quantitative estimate of drug-likeness (QED) is 0.428. The highest BCUT2D eigenvalue weighted by molar-refractivity contribution is 6.52. The fourth-order valence-corrected chi connectivity index (χ4v) is 0.658. The van der Waals surface area contributed by atoms with Crippen LogP contribution in [0.1, 0.15) is 0 Å². The first-order chi connectivity index (χ1) is 5.13. The van der Waals surface area contributed by atoms with Crippen molar-refractivity contribution in [3.63, 3.8) is 0 Å². The van der Waals surface area contributed by atoms with Gasteiger partial charge in [-0.3, -0.25) is 0 Å². The average Bonchev–Trinajstić information content (AvgIpc) is 1.94. The van der Waals surface area contributed by atoms with Crippen LogP contribution in [0.15, 0.2) is 29.3 Å². The lowest BCUT2D eigenvalue weighted by Gasteiger charge is -1.95. The Labute approximate surface area is 62.3 Å². The SMILES string of the molecule is OB(O)C1=[C+]C=CC(F)=C1F. The maximum atomic E-state index is 12.5. The molecule has 0 heterocycles. The van der Waals surface area contributed by atoms with Crippen LogP contribution in [-0.4, -0.2) is 17.2 Å². The number of hydrogen-bond donors (Lipinski definition) is 2. The molecule has 0 aliphatic heterocycles. The van der Waals surface area contributed by atoms with Crippen molar-refractivity contribution in [2.75, 3.05) is 0 Å². The lowest BCUT2D eigenvalue weighted by Crippen LogP contribution is -2.17. The first-order valence-corrected chi connectivity index (χ1v) is 2.84. The Morgan fingerprint density at radius 1 is 1.36 bits per heavy atom. The summed E-state index contributed by atoms with van der Waals surface area (Å²) in [7, 11) is -2.02. The molecule has 1 aliphatic rings. The zero-order valence-electron chi connectivity index (χ0n) is 5.38. The van der Waals surface area contributed by atoms with Gasteiger partial charge in [-0.2, -0.15) is 4.39 Å². The van der Waals surface area contributed by atoms with Crippen molar-refractivity contribution in [2.24, 2.45) is 0 Å². The van der Waals surface area contributed by atoms with Gasteiger partial charge in [-0.05, 0) is 0 Å². The van der Waals surface area contributed by atoms with Crippen LogP contribution in [0.2, 0.25) is 0 Å². The Bertz CT molecular complexity index is 255. The van der Waals surface area contributed by atoms with Crippen LogP contribution in [0.3, 0.4) is 0 Å². The fourth-order valence-electron chi connectivity index (χ4n) is 0.658. The summed E-state index contributed by atoms with van der Waals surface area (Å²) in [6.45, 7) is 0. The summed E-state index contributed by atoms with van der Waals surface area (Å²) in [6, 6.07) is 0. The second-order valence-corrected chi connectivity index (χ2v) is 1.93. The Hall–Kier alpha value is -1.03. The van der Waals surface area contributed by atoms with E-state index in [9.17, 15) is 8.78 Å². The third-order valence-electron chi connectivity index (χ3n) is 1.17. The molecule has 1 aliphatic carbocycles. The summed E-state index contributed by atoms with van der Waals surface area (Å²) < 4.78 is 24.8. The van der Waals surface area contributed by atoms with Gasteiger partial charge >= 0.3 is 7.12 Å². The number of rotatable bonds is 1. The molecule has 0 unspecified atom stereocenters. The molecule has 0 fully saturated rings. The van der Waals surface area contributed by atoms with Crippen LogP contribution in [0.5, 0.6) is 0 Å². The van der Waals surface area contributed by atoms with Gasteiger partial charge in [-0.25, -0.2) is 0 Å². The number of allylic oxidation sites excluding steroid dienone is 6. The molecule has 0 radical (unpaired) electrons. The van der Waals surface area contributed by atoms with Crippen LogP contribution in [0, 0.1) is 6.08 Å².